The van der Waals surface area contributed by atoms with Gasteiger partial charge in [-0.1, -0.05) is 5.21 Å². The Morgan fingerprint density at radius 3 is 3.04 bits per heavy atom. The summed E-state index contributed by atoms with van der Waals surface area (Å²) < 4.78 is 2.00. The summed E-state index contributed by atoms with van der Waals surface area (Å²) in [6.07, 6.45) is 6.76. The van der Waals surface area contributed by atoms with Crippen LogP contribution in [0.5, 0.6) is 0 Å². The molecule has 4 fully saturated rings. The molecule has 23 heavy (non-hydrogen) atoms. The van der Waals surface area contributed by atoms with Gasteiger partial charge < -0.3 is 15.5 Å². The number of aromatic nitrogens is 3. The van der Waals surface area contributed by atoms with Gasteiger partial charge >= 0.3 is 0 Å². The molecule has 0 spiro atoms. The molecule has 3 aliphatic heterocycles. The van der Waals surface area contributed by atoms with E-state index in [1.165, 1.54) is 25.8 Å². The van der Waals surface area contributed by atoms with Crippen molar-refractivity contribution in [3.05, 3.63) is 11.9 Å². The largest absolute Gasteiger partial charge is 0.353 e. The van der Waals surface area contributed by atoms with Crippen LogP contribution in [0.25, 0.3) is 0 Å². The van der Waals surface area contributed by atoms with Crippen LogP contribution in [0.3, 0.4) is 0 Å². The molecule has 5 rings (SSSR count). The van der Waals surface area contributed by atoms with Gasteiger partial charge in [-0.25, -0.2) is 4.68 Å². The molecule has 1 unspecified atom stereocenters. The average molecular weight is 320 g/mol. The molecule has 1 aliphatic carbocycles. The number of nitrogens with one attached hydrogen (secondary N) is 2. The number of hydrogen-bond donors (Lipinski definition) is 3. The Kier molecular flexibility index (Phi) is 4.07. The molecule has 4 aliphatic rings. The quantitative estimate of drug-likeness (QED) is 0.544. The molecule has 1 amide bonds. The molecule has 7 heteroatoms. The summed E-state index contributed by atoms with van der Waals surface area (Å²) in [6, 6.07) is 1.06. The van der Waals surface area contributed by atoms with Crippen molar-refractivity contribution >= 4 is 5.91 Å². The van der Waals surface area contributed by atoms with Gasteiger partial charge in [0.15, 0.2) is 0 Å². The third kappa shape index (κ3) is 3.26. The summed E-state index contributed by atoms with van der Waals surface area (Å²) in [5.74, 6) is 1.11. The maximum Gasteiger partial charge on any atom is 0.229 e. The fourth-order valence-electron chi connectivity index (χ4n) is 4.31. The van der Waals surface area contributed by atoms with Crippen LogP contribution in [0.1, 0.15) is 31.4 Å². The lowest BCUT2D eigenvalue weighted by Gasteiger charge is -2.46. The van der Waals surface area contributed by atoms with Crippen molar-refractivity contribution in [1.82, 2.24) is 20.3 Å². The number of carbonyl (C=O) groups excluding carboxylic acids is 1. The Labute approximate surface area is 136 Å². The van der Waals surface area contributed by atoms with Crippen LogP contribution in [0.4, 0.5) is 0 Å². The lowest BCUT2D eigenvalue weighted by molar-refractivity contribution is -0.945. The first-order valence-corrected chi connectivity index (χ1v) is 9.04. The third-order valence-corrected chi connectivity index (χ3v) is 5.72. The van der Waals surface area contributed by atoms with Crippen molar-refractivity contribution in [2.24, 2.45) is 11.8 Å². The first-order valence-electron chi connectivity index (χ1n) is 9.04. The zero-order valence-electron chi connectivity index (χ0n) is 13.9. The number of nitrogens with two attached hydrogens (primary N) is 1. The monoisotopic (exact) mass is 320 g/mol. The number of rotatable bonds is 6. The van der Waals surface area contributed by atoms with Gasteiger partial charge in [-0.15, -0.1) is 5.10 Å². The second-order valence-corrected chi connectivity index (χ2v) is 7.53. The minimum Gasteiger partial charge on any atom is -0.353 e. The van der Waals surface area contributed by atoms with E-state index in [0.29, 0.717) is 23.9 Å². The standard InChI is InChI=1S/C16H26N6O/c1-17-7-13-8-22(20-19-13)9-14-6-11-4-5-21(14)10-15(11)16(23)18-12-2-3-12/h8,11-12,14-15,17H,2-7,9-10H2,1H3,(H,18,23)/p+2/t11-,14-,15+/m1/s1. The Morgan fingerprint density at radius 1 is 1.48 bits per heavy atom. The minimum absolute atomic E-state index is 0.233. The van der Waals surface area contributed by atoms with Gasteiger partial charge in [-0.3, -0.25) is 4.79 Å². The molecule has 4 N–H and O–H groups in total. The third-order valence-electron chi connectivity index (χ3n) is 5.72. The van der Waals surface area contributed by atoms with E-state index in [2.05, 4.69) is 27.1 Å². The predicted molar refractivity (Wildman–Crippen MR) is 83.4 cm³/mol. The number of hydrogen-bond acceptors (Lipinski definition) is 3. The van der Waals surface area contributed by atoms with Crippen molar-refractivity contribution in [3.63, 3.8) is 0 Å². The molecule has 3 saturated heterocycles. The van der Waals surface area contributed by atoms with Crippen LogP contribution in [-0.2, 0) is 17.9 Å². The fraction of sp³-hybridized carbons (Fsp3) is 0.812. The zero-order chi connectivity index (χ0) is 15.8. The number of carbonyl (C=O) groups is 1. The molecule has 2 bridgehead atoms. The van der Waals surface area contributed by atoms with E-state index in [9.17, 15) is 4.79 Å². The van der Waals surface area contributed by atoms with Crippen LogP contribution in [-0.4, -0.2) is 53.1 Å². The maximum absolute atomic E-state index is 12.4. The van der Waals surface area contributed by atoms with Gasteiger partial charge in [0, 0.05) is 18.9 Å². The van der Waals surface area contributed by atoms with Crippen LogP contribution in [0, 0.1) is 11.8 Å². The van der Waals surface area contributed by atoms with Gasteiger partial charge in [0.1, 0.15) is 18.3 Å². The molecular weight excluding hydrogens is 292 g/mol. The van der Waals surface area contributed by atoms with E-state index in [-0.39, 0.29) is 5.92 Å². The minimum atomic E-state index is 0.233. The molecular formula is C16H28N6O+2. The van der Waals surface area contributed by atoms with Crippen molar-refractivity contribution < 1.29 is 15.0 Å². The first-order chi connectivity index (χ1) is 11.2. The van der Waals surface area contributed by atoms with E-state index < -0.39 is 0 Å². The summed E-state index contributed by atoms with van der Waals surface area (Å²) in [7, 11) is 2.04. The van der Waals surface area contributed by atoms with Crippen LogP contribution in [0.15, 0.2) is 6.20 Å². The molecule has 126 valence electrons. The van der Waals surface area contributed by atoms with Gasteiger partial charge in [0.05, 0.1) is 38.8 Å². The molecule has 1 aromatic rings. The van der Waals surface area contributed by atoms with Crippen LogP contribution in [0.2, 0.25) is 0 Å². The summed E-state index contributed by atoms with van der Waals surface area (Å²) in [4.78, 5) is 14.0. The average Bonchev–Trinajstić information content (AvgIpc) is 3.27. The van der Waals surface area contributed by atoms with E-state index in [0.717, 1.165) is 31.7 Å². The Morgan fingerprint density at radius 2 is 2.35 bits per heavy atom. The molecule has 0 aromatic carbocycles. The summed E-state index contributed by atoms with van der Waals surface area (Å²) in [5, 5.41) is 13.8. The second kappa shape index (κ2) is 6.20. The number of quaternary nitrogens is 2. The van der Waals surface area contributed by atoms with Gasteiger partial charge in [0.2, 0.25) is 5.91 Å². The van der Waals surface area contributed by atoms with Crippen molar-refractivity contribution in [1.29, 1.82) is 0 Å². The molecule has 7 nitrogen and oxygen atoms in total. The number of nitrogens with zero attached hydrogens (tertiary/aromatic N) is 3. The van der Waals surface area contributed by atoms with Crippen LogP contribution >= 0.6 is 0 Å². The fourth-order valence-corrected chi connectivity index (χ4v) is 4.31. The van der Waals surface area contributed by atoms with E-state index in [1.54, 1.807) is 4.90 Å². The highest BCUT2D eigenvalue weighted by Crippen LogP contribution is 2.29. The SMILES string of the molecule is C[NH2+]Cc1cn(C[C@H]2C[C@H]3CC[NH+]2C[C@@H]3C(=O)NC2CC2)nn1. The van der Waals surface area contributed by atoms with Gasteiger partial charge in [-0.05, 0) is 18.8 Å². The summed E-state index contributed by atoms with van der Waals surface area (Å²) >= 11 is 0. The normalized spacial score (nSPS) is 32.9. The lowest BCUT2D eigenvalue weighted by atomic mass is 9.75. The molecule has 1 saturated carbocycles. The molecule has 1 aromatic heterocycles. The maximum atomic E-state index is 12.4. The number of fused-ring (bicyclic) bond motifs is 3. The van der Waals surface area contributed by atoms with Crippen molar-refractivity contribution in [2.75, 3.05) is 20.1 Å². The van der Waals surface area contributed by atoms with Crippen molar-refractivity contribution in [3.8, 4) is 0 Å². The topological polar surface area (TPSA) is 80.9 Å². The Hall–Kier alpha value is -1.47. The molecule has 4 atom stereocenters. The van der Waals surface area contributed by atoms with E-state index in [4.69, 9.17) is 0 Å². The number of amides is 1. The highest BCUT2D eigenvalue weighted by molar-refractivity contribution is 5.79. The Bertz CT molecular complexity index is 569. The summed E-state index contributed by atoms with van der Waals surface area (Å²) in [6.45, 7) is 4.01. The van der Waals surface area contributed by atoms with E-state index >= 15 is 0 Å². The second-order valence-electron chi connectivity index (χ2n) is 7.53. The highest BCUT2D eigenvalue weighted by Gasteiger charge is 2.47. The van der Waals surface area contributed by atoms with Gasteiger partial charge in [0.25, 0.3) is 0 Å². The molecule has 0 radical (unpaired) electrons. The number of piperidine rings is 3. The van der Waals surface area contributed by atoms with Crippen molar-refractivity contribution in [2.45, 2.75) is 50.9 Å². The predicted octanol–water partition coefficient (Wildman–Crippen LogP) is -2.46. The zero-order valence-corrected chi connectivity index (χ0v) is 13.9. The van der Waals surface area contributed by atoms with E-state index in [1.807, 2.05) is 11.7 Å². The first kappa shape index (κ1) is 15.1. The lowest BCUT2D eigenvalue weighted by Crippen LogP contribution is -3.20. The smallest absolute Gasteiger partial charge is 0.229 e. The summed E-state index contributed by atoms with van der Waals surface area (Å²) in [5.41, 5.74) is 1.04. The Balaban J connectivity index is 1.36. The van der Waals surface area contributed by atoms with Gasteiger partial charge in [-0.2, -0.15) is 0 Å². The highest BCUT2D eigenvalue weighted by atomic mass is 16.2. The molecule has 4 heterocycles. The van der Waals surface area contributed by atoms with Crippen LogP contribution < -0.4 is 15.5 Å².